The molecule has 5 atom stereocenters. The molecule has 20 heavy (non-hydrogen) atoms. The second-order valence-corrected chi connectivity index (χ2v) is 6.78. The molecule has 0 radical (unpaired) electrons. The molecule has 0 spiro atoms. The van der Waals surface area contributed by atoms with E-state index in [1.807, 2.05) is 0 Å². The molecule has 0 aromatic heterocycles. The van der Waals surface area contributed by atoms with E-state index in [0.717, 1.165) is 0 Å². The van der Waals surface area contributed by atoms with Crippen molar-refractivity contribution in [3.8, 4) is 0 Å². The molecule has 0 aromatic carbocycles. The van der Waals surface area contributed by atoms with Gasteiger partial charge in [-0.05, 0) is 0 Å². The van der Waals surface area contributed by atoms with E-state index in [-0.39, 0.29) is 6.42 Å². The summed E-state index contributed by atoms with van der Waals surface area (Å²) in [5.74, 6) is -2.80. The fraction of sp³-hybridized carbons (Fsp3) is 1.00. The van der Waals surface area contributed by atoms with E-state index in [2.05, 4.69) is 8.83 Å². The van der Waals surface area contributed by atoms with Gasteiger partial charge in [-0.15, -0.1) is 0 Å². The third-order valence-electron chi connectivity index (χ3n) is 2.30. The van der Waals surface area contributed by atoms with Crippen LogP contribution in [0.3, 0.4) is 0 Å². The highest BCUT2D eigenvalue weighted by Crippen LogP contribution is 2.59. The van der Waals surface area contributed by atoms with Crippen molar-refractivity contribution < 1.29 is 52.7 Å². The highest BCUT2D eigenvalue weighted by molar-refractivity contribution is 7.60. The molecule has 1 saturated heterocycles. The van der Waals surface area contributed by atoms with Gasteiger partial charge in [-0.25, -0.2) is 13.7 Å². The van der Waals surface area contributed by atoms with Crippen LogP contribution in [-0.4, -0.2) is 60.8 Å². The fourth-order valence-corrected chi connectivity index (χ4v) is 3.28. The van der Waals surface area contributed by atoms with Crippen molar-refractivity contribution in [1.82, 2.24) is 0 Å². The van der Waals surface area contributed by atoms with E-state index >= 15 is 0 Å². The number of phosphoric ester groups is 1. The van der Waals surface area contributed by atoms with Gasteiger partial charge in [0, 0.05) is 6.42 Å². The van der Waals surface area contributed by atoms with Gasteiger partial charge < -0.3 is 34.7 Å². The minimum absolute atomic E-state index is 0.241. The van der Waals surface area contributed by atoms with Crippen LogP contribution in [0.15, 0.2) is 0 Å². The second-order valence-electron chi connectivity index (χ2n) is 4.02. The van der Waals surface area contributed by atoms with Crippen LogP contribution in [0.25, 0.3) is 0 Å². The van der Waals surface area contributed by atoms with Crippen LogP contribution in [0.4, 0.5) is 0 Å². The lowest BCUT2D eigenvalue weighted by atomic mass is 10.0. The molecular formula is C6H15NO11P2. The summed E-state index contributed by atoms with van der Waals surface area (Å²) in [4.78, 5) is 26.0. The number of hydrogen-bond donors (Lipinski definition) is 7. The lowest BCUT2D eigenvalue weighted by Crippen LogP contribution is -2.64. The van der Waals surface area contributed by atoms with Gasteiger partial charge in [-0.1, -0.05) is 0 Å². The van der Waals surface area contributed by atoms with E-state index in [4.69, 9.17) is 30.3 Å². The highest BCUT2D eigenvalue weighted by Gasteiger charge is 2.53. The molecule has 1 unspecified atom stereocenters. The van der Waals surface area contributed by atoms with Crippen molar-refractivity contribution in [3.63, 3.8) is 0 Å². The van der Waals surface area contributed by atoms with Gasteiger partial charge in [-0.3, -0.25) is 5.73 Å². The number of phosphoric acid groups is 2. The number of hydrogen-bond acceptors (Lipinski definition) is 9. The Bertz CT molecular complexity index is 439. The van der Waals surface area contributed by atoms with Gasteiger partial charge in [0.25, 0.3) is 5.91 Å². The summed E-state index contributed by atoms with van der Waals surface area (Å²) in [6, 6.07) is 0. The Morgan fingerprint density at radius 3 is 2.30 bits per heavy atom. The van der Waals surface area contributed by atoms with Crippen LogP contribution in [0, 0.1) is 0 Å². The molecule has 1 aliphatic heterocycles. The maximum Gasteiger partial charge on any atom is 0.484 e. The molecule has 1 heterocycles. The van der Waals surface area contributed by atoms with E-state index in [1.54, 1.807) is 0 Å². The summed E-state index contributed by atoms with van der Waals surface area (Å²) < 4.78 is 34.3. The average molecular weight is 339 g/mol. The Labute approximate surface area is 112 Å². The Morgan fingerprint density at radius 1 is 1.30 bits per heavy atom. The summed E-state index contributed by atoms with van der Waals surface area (Å²) in [6.07, 6.45) is -4.96. The van der Waals surface area contributed by atoms with Crippen LogP contribution in [-0.2, 0) is 22.7 Å². The predicted octanol–water partition coefficient (Wildman–Crippen LogP) is -2.67. The van der Waals surface area contributed by atoms with E-state index < -0.39 is 46.5 Å². The van der Waals surface area contributed by atoms with E-state index in [0.29, 0.717) is 0 Å². The minimum atomic E-state index is -5.41. The molecular weight excluding hydrogens is 324 g/mol. The zero-order chi connectivity index (χ0) is 15.8. The van der Waals surface area contributed by atoms with Gasteiger partial charge in [0.2, 0.25) is 0 Å². The number of nitrogens with two attached hydrogens (primary N) is 1. The summed E-state index contributed by atoms with van der Waals surface area (Å²) in [6.45, 7) is -0.652. The lowest BCUT2D eigenvalue weighted by molar-refractivity contribution is -0.313. The second kappa shape index (κ2) is 6.05. The minimum Gasteiger partial charge on any atom is -0.394 e. The quantitative estimate of drug-likeness (QED) is 0.202. The standard InChI is InChI=1S/C6H15NO11P2/c7-6(17-20(14,15)18-19(11,12)13)5(10)4(9)1-3(2-8)16-6/h3-5,8-10H,1-2,7H2,(H,14,15)(H2,11,12,13)/t3-,4-,5+,6-/m0/s1. The van der Waals surface area contributed by atoms with Crippen molar-refractivity contribution in [2.45, 2.75) is 30.6 Å². The highest BCUT2D eigenvalue weighted by atomic mass is 31.3. The van der Waals surface area contributed by atoms with E-state index in [9.17, 15) is 19.3 Å². The molecule has 1 rings (SSSR count). The Balaban J connectivity index is 2.91. The van der Waals surface area contributed by atoms with Crippen molar-refractivity contribution in [2.75, 3.05) is 6.61 Å². The molecule has 12 nitrogen and oxygen atoms in total. The summed E-state index contributed by atoms with van der Waals surface area (Å²) in [5.41, 5.74) is 5.33. The predicted molar refractivity (Wildman–Crippen MR) is 59.5 cm³/mol. The van der Waals surface area contributed by atoms with Crippen LogP contribution < -0.4 is 5.73 Å². The number of rotatable bonds is 5. The first-order valence-electron chi connectivity index (χ1n) is 5.12. The van der Waals surface area contributed by atoms with E-state index in [1.165, 1.54) is 0 Å². The molecule has 0 bridgehead atoms. The molecule has 0 saturated carbocycles. The first-order valence-corrected chi connectivity index (χ1v) is 8.15. The van der Waals surface area contributed by atoms with Gasteiger partial charge in [-0.2, -0.15) is 4.31 Å². The maximum atomic E-state index is 11.4. The average Bonchev–Trinajstić information content (AvgIpc) is 2.20. The topological polar surface area (TPSA) is 209 Å². The van der Waals surface area contributed by atoms with Gasteiger partial charge >= 0.3 is 15.6 Å². The number of aliphatic hydroxyl groups excluding tert-OH is 3. The maximum absolute atomic E-state index is 11.4. The monoisotopic (exact) mass is 339 g/mol. The zero-order valence-electron chi connectivity index (χ0n) is 9.84. The van der Waals surface area contributed by atoms with Crippen molar-refractivity contribution in [3.05, 3.63) is 0 Å². The Morgan fingerprint density at radius 2 is 1.85 bits per heavy atom. The number of ether oxygens (including phenoxy) is 1. The summed E-state index contributed by atoms with van der Waals surface area (Å²) in [5, 5.41) is 28.0. The van der Waals surface area contributed by atoms with Gasteiger partial charge in [0.15, 0.2) is 0 Å². The van der Waals surface area contributed by atoms with Crippen LogP contribution in [0.1, 0.15) is 6.42 Å². The van der Waals surface area contributed by atoms with Crippen molar-refractivity contribution in [2.24, 2.45) is 5.73 Å². The molecule has 0 amide bonds. The molecule has 120 valence electrons. The number of aliphatic hydroxyl groups is 3. The molecule has 0 aliphatic carbocycles. The first kappa shape index (κ1) is 18.1. The summed E-state index contributed by atoms with van der Waals surface area (Å²) in [7, 11) is -10.8. The SMILES string of the molecule is N[C@]1(OP(=O)(O)OP(=O)(O)O)O[C@H](CO)C[C@H](O)[C@H]1O. The zero-order valence-corrected chi connectivity index (χ0v) is 11.6. The van der Waals surface area contributed by atoms with Crippen molar-refractivity contribution in [1.29, 1.82) is 0 Å². The third kappa shape index (κ3) is 4.81. The molecule has 1 fully saturated rings. The Hall–Kier alpha value is 0.0600. The third-order valence-corrected chi connectivity index (χ3v) is 4.50. The van der Waals surface area contributed by atoms with Gasteiger partial charge in [0.05, 0.1) is 18.8 Å². The normalized spacial score (nSPS) is 38.5. The molecule has 8 N–H and O–H groups in total. The van der Waals surface area contributed by atoms with Crippen molar-refractivity contribution >= 4 is 15.6 Å². The Kier molecular flexibility index (Phi) is 5.48. The van der Waals surface area contributed by atoms with Gasteiger partial charge in [0.1, 0.15) is 6.10 Å². The van der Waals surface area contributed by atoms with Crippen LogP contribution >= 0.6 is 15.6 Å². The smallest absolute Gasteiger partial charge is 0.394 e. The summed E-state index contributed by atoms with van der Waals surface area (Å²) >= 11 is 0. The lowest BCUT2D eigenvalue weighted by Gasteiger charge is -2.43. The van der Waals surface area contributed by atoms with Crippen LogP contribution in [0.5, 0.6) is 0 Å². The first-order chi connectivity index (χ1) is 8.88. The fourth-order valence-electron chi connectivity index (χ4n) is 1.56. The molecule has 14 heteroatoms. The molecule has 1 aliphatic rings. The largest absolute Gasteiger partial charge is 0.484 e. The molecule has 0 aromatic rings. The van der Waals surface area contributed by atoms with Crippen LogP contribution in [0.2, 0.25) is 0 Å².